The Balaban J connectivity index is 1.51. The van der Waals surface area contributed by atoms with Gasteiger partial charge >= 0.3 is 6.18 Å². The first-order valence-corrected chi connectivity index (χ1v) is 10.7. The van der Waals surface area contributed by atoms with Crippen molar-refractivity contribution in [3.8, 4) is 0 Å². The molecule has 2 heterocycles. The molecule has 0 saturated heterocycles. The Hall–Kier alpha value is -3.17. The quantitative estimate of drug-likeness (QED) is 0.352. The normalized spacial score (nSPS) is 11.8. The summed E-state index contributed by atoms with van der Waals surface area (Å²) in [6.07, 6.45) is -2.58. The zero-order valence-electron chi connectivity index (χ0n) is 17.0. The van der Waals surface area contributed by atoms with Crippen LogP contribution in [-0.4, -0.2) is 17.5 Å². The van der Waals surface area contributed by atoms with Gasteiger partial charge in [0.15, 0.2) is 10.9 Å². The fourth-order valence-electron chi connectivity index (χ4n) is 3.29. The number of nitrogens with zero attached hydrogens (tertiary/aromatic N) is 1. The van der Waals surface area contributed by atoms with Gasteiger partial charge in [0.25, 0.3) is 5.91 Å². The van der Waals surface area contributed by atoms with Crippen molar-refractivity contribution < 1.29 is 27.1 Å². The van der Waals surface area contributed by atoms with E-state index in [-0.39, 0.29) is 18.8 Å². The number of thiazole rings is 1. The van der Waals surface area contributed by atoms with E-state index in [1.54, 1.807) is 18.3 Å². The average molecular weight is 460 g/mol. The number of nitrogens with one attached hydrogen (secondary N) is 1. The number of carbonyl (C=O) groups is 1. The van der Waals surface area contributed by atoms with Crippen LogP contribution in [0.2, 0.25) is 0 Å². The average Bonchev–Trinajstić information content (AvgIpc) is 3.36. The number of aromatic nitrogens is 1. The summed E-state index contributed by atoms with van der Waals surface area (Å²) in [4.78, 5) is 17.8. The second-order valence-electron chi connectivity index (χ2n) is 7.00. The lowest BCUT2D eigenvalue weighted by Gasteiger charge is -2.07. The predicted octanol–water partition coefficient (Wildman–Crippen LogP) is 6.29. The van der Waals surface area contributed by atoms with Crippen molar-refractivity contribution in [2.75, 3.05) is 11.9 Å². The van der Waals surface area contributed by atoms with Crippen molar-refractivity contribution in [3.05, 3.63) is 82.1 Å². The molecular weight excluding hydrogens is 441 g/mol. The van der Waals surface area contributed by atoms with Crippen molar-refractivity contribution in [2.45, 2.75) is 26.1 Å². The first kappa shape index (κ1) is 22.0. The number of para-hydroxylation sites is 1. The lowest BCUT2D eigenvalue weighted by atomic mass is 10.1. The molecule has 0 saturated carbocycles. The number of hydrogen-bond donors (Lipinski definition) is 1. The molecule has 1 amide bonds. The molecule has 2 aromatic carbocycles. The van der Waals surface area contributed by atoms with Crippen molar-refractivity contribution in [1.29, 1.82) is 0 Å². The molecule has 0 atom stereocenters. The second-order valence-corrected chi connectivity index (χ2v) is 8.12. The zero-order chi connectivity index (χ0) is 22.7. The van der Waals surface area contributed by atoms with Crippen LogP contribution in [0.3, 0.4) is 0 Å². The summed E-state index contributed by atoms with van der Waals surface area (Å²) < 4.78 is 50.0. The third kappa shape index (κ3) is 4.84. The summed E-state index contributed by atoms with van der Waals surface area (Å²) in [5.41, 5.74) is 1.05. The number of rotatable bonds is 7. The number of fused-ring (bicyclic) bond motifs is 1. The van der Waals surface area contributed by atoms with Crippen molar-refractivity contribution >= 4 is 33.3 Å². The van der Waals surface area contributed by atoms with Crippen LogP contribution in [0.5, 0.6) is 0 Å². The van der Waals surface area contributed by atoms with Gasteiger partial charge in [-0.25, -0.2) is 4.98 Å². The third-order valence-corrected chi connectivity index (χ3v) is 5.67. The van der Waals surface area contributed by atoms with E-state index in [0.717, 1.165) is 22.4 Å². The number of furan rings is 1. The number of carbonyl (C=O) groups excluding carboxylic acids is 1. The number of anilines is 1. The second kappa shape index (κ2) is 9.13. The fraction of sp³-hybridized carbons (Fsp3) is 0.217. The Morgan fingerprint density at radius 3 is 2.78 bits per heavy atom. The summed E-state index contributed by atoms with van der Waals surface area (Å²) in [7, 11) is 0. The molecule has 0 bridgehead atoms. The fourth-order valence-corrected chi connectivity index (χ4v) is 4.13. The van der Waals surface area contributed by atoms with Crippen LogP contribution in [-0.2, 0) is 23.9 Å². The van der Waals surface area contributed by atoms with E-state index in [2.05, 4.69) is 10.3 Å². The van der Waals surface area contributed by atoms with Crippen LogP contribution in [0.4, 0.5) is 18.3 Å². The minimum Gasteiger partial charge on any atom is -0.451 e. The Kier molecular flexibility index (Phi) is 6.29. The van der Waals surface area contributed by atoms with Crippen LogP contribution in [0.25, 0.3) is 11.0 Å². The standard InChI is InChI=1S/C23H19F3N2O3S/c1-2-30-13-18-17-8-3-4-9-19(17)31-20(18)21(29)28-22-27-12-16(32-22)11-14-6-5-7-15(10-14)23(24,25)26/h3-10,12H,2,11,13H2,1H3,(H,27,28,29). The predicted molar refractivity (Wildman–Crippen MR) is 116 cm³/mol. The van der Waals surface area contributed by atoms with E-state index >= 15 is 0 Å². The smallest absolute Gasteiger partial charge is 0.416 e. The van der Waals surface area contributed by atoms with E-state index in [0.29, 0.717) is 28.4 Å². The Labute approximate surface area is 185 Å². The first-order valence-electron chi connectivity index (χ1n) is 9.85. The third-order valence-electron chi connectivity index (χ3n) is 4.76. The van der Waals surface area contributed by atoms with E-state index in [1.165, 1.54) is 17.4 Å². The monoisotopic (exact) mass is 460 g/mol. The van der Waals surface area contributed by atoms with Gasteiger partial charge in [-0.05, 0) is 24.6 Å². The van der Waals surface area contributed by atoms with Crippen LogP contribution in [0, 0.1) is 0 Å². The molecule has 0 unspecified atom stereocenters. The van der Waals surface area contributed by atoms with Crippen molar-refractivity contribution in [1.82, 2.24) is 4.98 Å². The minimum atomic E-state index is -4.39. The molecule has 4 aromatic rings. The summed E-state index contributed by atoms with van der Waals surface area (Å²) in [5, 5.41) is 3.85. The van der Waals surface area contributed by atoms with Gasteiger partial charge in [-0.15, -0.1) is 11.3 Å². The van der Waals surface area contributed by atoms with E-state index in [9.17, 15) is 18.0 Å². The van der Waals surface area contributed by atoms with Crippen LogP contribution >= 0.6 is 11.3 Å². The zero-order valence-corrected chi connectivity index (χ0v) is 17.8. The van der Waals surface area contributed by atoms with Gasteiger partial charge in [0.1, 0.15) is 5.58 Å². The van der Waals surface area contributed by atoms with Gasteiger partial charge < -0.3 is 9.15 Å². The summed E-state index contributed by atoms with van der Waals surface area (Å²) in [6, 6.07) is 12.5. The van der Waals surface area contributed by atoms with Gasteiger partial charge in [-0.3, -0.25) is 10.1 Å². The number of ether oxygens (including phenoxy) is 1. The lowest BCUT2D eigenvalue weighted by Crippen LogP contribution is -2.13. The first-order chi connectivity index (χ1) is 15.3. The van der Waals surface area contributed by atoms with Crippen LogP contribution in [0.1, 0.15) is 39.0 Å². The summed E-state index contributed by atoms with van der Waals surface area (Å²) >= 11 is 1.20. The summed E-state index contributed by atoms with van der Waals surface area (Å²) in [5.74, 6) is -0.315. The molecule has 2 aromatic heterocycles. The Morgan fingerprint density at radius 1 is 1.19 bits per heavy atom. The number of benzene rings is 2. The lowest BCUT2D eigenvalue weighted by molar-refractivity contribution is -0.137. The highest BCUT2D eigenvalue weighted by atomic mass is 32.1. The van der Waals surface area contributed by atoms with E-state index < -0.39 is 17.6 Å². The van der Waals surface area contributed by atoms with Crippen molar-refractivity contribution in [3.63, 3.8) is 0 Å². The maximum absolute atomic E-state index is 12.9. The number of alkyl halides is 3. The molecule has 0 aliphatic rings. The van der Waals surface area contributed by atoms with Gasteiger partial charge in [0, 0.05) is 35.1 Å². The largest absolute Gasteiger partial charge is 0.451 e. The molecule has 0 aliphatic carbocycles. The molecule has 4 rings (SSSR count). The molecule has 32 heavy (non-hydrogen) atoms. The van der Waals surface area contributed by atoms with E-state index in [1.807, 2.05) is 25.1 Å². The van der Waals surface area contributed by atoms with Gasteiger partial charge in [-0.2, -0.15) is 13.2 Å². The van der Waals surface area contributed by atoms with Crippen LogP contribution < -0.4 is 5.32 Å². The number of hydrogen-bond acceptors (Lipinski definition) is 5. The maximum Gasteiger partial charge on any atom is 0.416 e. The highest BCUT2D eigenvalue weighted by molar-refractivity contribution is 7.15. The van der Waals surface area contributed by atoms with Crippen molar-refractivity contribution in [2.24, 2.45) is 0 Å². The Morgan fingerprint density at radius 2 is 2.00 bits per heavy atom. The van der Waals surface area contributed by atoms with Crippen LogP contribution in [0.15, 0.2) is 59.1 Å². The molecular formula is C23H19F3N2O3S. The number of amides is 1. The molecule has 166 valence electrons. The molecule has 5 nitrogen and oxygen atoms in total. The van der Waals surface area contributed by atoms with Gasteiger partial charge in [0.05, 0.1) is 12.2 Å². The maximum atomic E-state index is 12.9. The minimum absolute atomic E-state index is 0.147. The Bertz CT molecular complexity index is 1250. The molecule has 0 spiro atoms. The molecule has 1 N–H and O–H groups in total. The topological polar surface area (TPSA) is 64.4 Å². The molecule has 0 fully saturated rings. The molecule has 0 aliphatic heterocycles. The molecule has 9 heteroatoms. The highest BCUT2D eigenvalue weighted by Gasteiger charge is 2.30. The number of halogens is 3. The highest BCUT2D eigenvalue weighted by Crippen LogP contribution is 2.31. The van der Waals surface area contributed by atoms with Gasteiger partial charge in [0.2, 0.25) is 0 Å². The summed E-state index contributed by atoms with van der Waals surface area (Å²) in [6.45, 7) is 2.59. The van der Waals surface area contributed by atoms with Gasteiger partial charge in [-0.1, -0.05) is 36.4 Å². The SMILES string of the molecule is CCOCc1c(C(=O)Nc2ncc(Cc3cccc(C(F)(F)F)c3)s2)oc2ccccc12. The molecule has 0 radical (unpaired) electrons. The van der Waals surface area contributed by atoms with E-state index in [4.69, 9.17) is 9.15 Å².